The van der Waals surface area contributed by atoms with Gasteiger partial charge in [-0.25, -0.2) is 4.39 Å². The summed E-state index contributed by atoms with van der Waals surface area (Å²) in [5, 5.41) is 8.65. The lowest BCUT2D eigenvalue weighted by atomic mass is 10.2. The van der Waals surface area contributed by atoms with Crippen LogP contribution in [-0.4, -0.2) is 31.5 Å². The van der Waals surface area contributed by atoms with Crippen molar-refractivity contribution in [3.05, 3.63) is 29.6 Å². The van der Waals surface area contributed by atoms with Gasteiger partial charge < -0.3 is 14.6 Å². The van der Waals surface area contributed by atoms with Gasteiger partial charge in [-0.1, -0.05) is 11.8 Å². The third-order valence-electron chi connectivity index (χ3n) is 2.46. The van der Waals surface area contributed by atoms with E-state index in [4.69, 9.17) is 14.6 Å². The Balaban J connectivity index is 2.72. The van der Waals surface area contributed by atoms with E-state index in [9.17, 15) is 4.39 Å². The van der Waals surface area contributed by atoms with Gasteiger partial charge in [0.25, 0.3) is 0 Å². The monoisotopic (exact) mass is 266 g/mol. The summed E-state index contributed by atoms with van der Waals surface area (Å²) in [6.07, 6.45) is 0.962. The highest BCUT2D eigenvalue weighted by atomic mass is 19.1. The van der Waals surface area contributed by atoms with E-state index in [2.05, 4.69) is 11.8 Å². The summed E-state index contributed by atoms with van der Waals surface area (Å²) in [4.78, 5) is 0. The van der Waals surface area contributed by atoms with Crippen LogP contribution < -0.4 is 4.74 Å². The third kappa shape index (κ3) is 5.73. The summed E-state index contributed by atoms with van der Waals surface area (Å²) < 4.78 is 24.1. The minimum absolute atomic E-state index is 0.0194. The lowest BCUT2D eigenvalue weighted by Crippen LogP contribution is -2.15. The Hall–Kier alpha value is -1.57. The summed E-state index contributed by atoms with van der Waals surface area (Å²) in [5.41, 5.74) is 0.670. The van der Waals surface area contributed by atoms with Crippen LogP contribution in [0.4, 0.5) is 4.39 Å². The normalized spacial score (nSPS) is 11.6. The molecule has 0 aliphatic heterocycles. The number of aliphatic hydroxyl groups is 1. The van der Waals surface area contributed by atoms with E-state index in [1.807, 2.05) is 6.92 Å². The lowest BCUT2D eigenvalue weighted by Gasteiger charge is -2.14. The molecule has 0 aliphatic carbocycles. The van der Waals surface area contributed by atoms with Gasteiger partial charge >= 0.3 is 0 Å². The highest BCUT2D eigenvalue weighted by molar-refractivity contribution is 5.40. The number of hydrogen-bond acceptors (Lipinski definition) is 3. The molecule has 1 rings (SSSR count). The number of ether oxygens (including phenoxy) is 2. The summed E-state index contributed by atoms with van der Waals surface area (Å²) in [6.45, 7) is 2.45. The molecule has 1 unspecified atom stereocenters. The molecule has 4 heteroatoms. The molecule has 0 bridgehead atoms. The number of benzene rings is 1. The molecule has 1 N–H and O–H groups in total. The summed E-state index contributed by atoms with van der Waals surface area (Å²) in [7, 11) is 1.62. The lowest BCUT2D eigenvalue weighted by molar-refractivity contribution is 0.132. The Bertz CT molecular complexity index is 448. The van der Waals surface area contributed by atoms with Crippen LogP contribution in [0.25, 0.3) is 0 Å². The van der Waals surface area contributed by atoms with E-state index in [0.29, 0.717) is 25.0 Å². The Morgan fingerprint density at radius 1 is 1.42 bits per heavy atom. The first-order valence-corrected chi connectivity index (χ1v) is 6.22. The summed E-state index contributed by atoms with van der Waals surface area (Å²) >= 11 is 0. The van der Waals surface area contributed by atoms with E-state index >= 15 is 0 Å². The average Bonchev–Trinajstić information content (AvgIpc) is 2.40. The minimum atomic E-state index is -0.406. The molecule has 0 spiro atoms. The van der Waals surface area contributed by atoms with Crippen LogP contribution in [-0.2, 0) is 4.74 Å². The molecule has 0 fully saturated rings. The van der Waals surface area contributed by atoms with Gasteiger partial charge in [-0.15, -0.1) is 0 Å². The molecular weight excluding hydrogens is 247 g/mol. The number of methoxy groups -OCH3 is 1. The molecule has 0 radical (unpaired) electrons. The fourth-order valence-corrected chi connectivity index (χ4v) is 1.45. The van der Waals surface area contributed by atoms with Gasteiger partial charge in [0.05, 0.1) is 12.7 Å². The van der Waals surface area contributed by atoms with Gasteiger partial charge in [0, 0.05) is 32.1 Å². The van der Waals surface area contributed by atoms with Crippen molar-refractivity contribution >= 4 is 0 Å². The quantitative estimate of drug-likeness (QED) is 0.803. The number of rotatable bonds is 6. The first kappa shape index (κ1) is 15.5. The zero-order valence-electron chi connectivity index (χ0n) is 11.3. The molecule has 0 amide bonds. The summed E-state index contributed by atoms with van der Waals surface area (Å²) in [5.74, 6) is 5.42. The minimum Gasteiger partial charge on any atom is -0.488 e. The maximum atomic E-state index is 13.6. The van der Waals surface area contributed by atoms with Crippen LogP contribution in [0, 0.1) is 17.7 Å². The van der Waals surface area contributed by atoms with Crippen LogP contribution >= 0.6 is 0 Å². The molecular formula is C15H19FO3. The smallest absolute Gasteiger partial charge is 0.165 e. The fraction of sp³-hybridized carbons (Fsp3) is 0.467. The molecule has 3 nitrogen and oxygen atoms in total. The van der Waals surface area contributed by atoms with Crippen molar-refractivity contribution in [1.82, 2.24) is 0 Å². The molecule has 1 aromatic rings. The first-order valence-electron chi connectivity index (χ1n) is 6.22. The Morgan fingerprint density at radius 3 is 2.89 bits per heavy atom. The highest BCUT2D eigenvalue weighted by Crippen LogP contribution is 2.20. The molecule has 19 heavy (non-hydrogen) atoms. The van der Waals surface area contributed by atoms with Gasteiger partial charge in [0.1, 0.15) is 0 Å². The SMILES string of the molecule is COCCC(C)Oc1cc(C#CCCO)ccc1F. The number of aliphatic hydroxyl groups excluding tert-OH is 1. The van der Waals surface area contributed by atoms with E-state index in [1.54, 1.807) is 19.2 Å². The molecule has 1 atom stereocenters. The van der Waals surface area contributed by atoms with Crippen molar-refractivity contribution in [1.29, 1.82) is 0 Å². The van der Waals surface area contributed by atoms with E-state index in [0.717, 1.165) is 0 Å². The zero-order chi connectivity index (χ0) is 14.1. The van der Waals surface area contributed by atoms with Crippen molar-refractivity contribution in [3.8, 4) is 17.6 Å². The van der Waals surface area contributed by atoms with E-state index in [-0.39, 0.29) is 18.5 Å². The maximum absolute atomic E-state index is 13.6. The van der Waals surface area contributed by atoms with Gasteiger partial charge in [0.2, 0.25) is 0 Å². The van der Waals surface area contributed by atoms with E-state index in [1.165, 1.54) is 6.07 Å². The van der Waals surface area contributed by atoms with Gasteiger partial charge in [0.15, 0.2) is 11.6 Å². The standard InChI is InChI=1S/C15H19FO3/c1-12(8-10-18-2)19-15-11-13(5-3-4-9-17)6-7-14(15)16/h6-7,11-12,17H,4,8-10H2,1-2H3. The molecule has 0 heterocycles. The molecule has 0 saturated heterocycles. The second-order valence-corrected chi connectivity index (χ2v) is 4.13. The van der Waals surface area contributed by atoms with Crippen molar-refractivity contribution in [2.24, 2.45) is 0 Å². The van der Waals surface area contributed by atoms with Gasteiger partial charge in [-0.05, 0) is 25.1 Å². The average molecular weight is 266 g/mol. The molecule has 0 aromatic heterocycles. The first-order chi connectivity index (χ1) is 9.17. The Labute approximate surface area is 113 Å². The maximum Gasteiger partial charge on any atom is 0.165 e. The largest absolute Gasteiger partial charge is 0.488 e. The van der Waals surface area contributed by atoms with Crippen LogP contribution in [0.3, 0.4) is 0 Å². The second kappa shape index (κ2) is 8.52. The zero-order valence-corrected chi connectivity index (χ0v) is 11.3. The predicted molar refractivity (Wildman–Crippen MR) is 71.6 cm³/mol. The number of hydrogen-bond donors (Lipinski definition) is 1. The summed E-state index contributed by atoms with van der Waals surface area (Å²) in [6, 6.07) is 4.50. The molecule has 0 aliphatic rings. The Kier molecular flexibility index (Phi) is 6.94. The van der Waals surface area contributed by atoms with Gasteiger partial charge in [-0.2, -0.15) is 0 Å². The van der Waals surface area contributed by atoms with Crippen molar-refractivity contribution in [2.75, 3.05) is 20.3 Å². The topological polar surface area (TPSA) is 38.7 Å². The van der Waals surface area contributed by atoms with Crippen LogP contribution in [0.15, 0.2) is 18.2 Å². The van der Waals surface area contributed by atoms with E-state index < -0.39 is 5.82 Å². The molecule has 1 aromatic carbocycles. The number of halogens is 1. The van der Waals surface area contributed by atoms with Gasteiger partial charge in [-0.3, -0.25) is 0 Å². The molecule has 104 valence electrons. The molecule has 0 saturated carbocycles. The fourth-order valence-electron chi connectivity index (χ4n) is 1.45. The van der Waals surface area contributed by atoms with Crippen LogP contribution in [0.5, 0.6) is 5.75 Å². The predicted octanol–water partition coefficient (Wildman–Crippen LogP) is 2.36. The van der Waals surface area contributed by atoms with Crippen LogP contribution in [0.2, 0.25) is 0 Å². The Morgan fingerprint density at radius 2 is 2.21 bits per heavy atom. The van der Waals surface area contributed by atoms with Crippen molar-refractivity contribution in [3.63, 3.8) is 0 Å². The third-order valence-corrected chi connectivity index (χ3v) is 2.46. The van der Waals surface area contributed by atoms with Crippen LogP contribution in [0.1, 0.15) is 25.3 Å². The van der Waals surface area contributed by atoms with Crippen molar-refractivity contribution in [2.45, 2.75) is 25.9 Å². The van der Waals surface area contributed by atoms with Crippen molar-refractivity contribution < 1.29 is 19.0 Å². The highest BCUT2D eigenvalue weighted by Gasteiger charge is 2.09. The second-order valence-electron chi connectivity index (χ2n) is 4.13.